The van der Waals surface area contributed by atoms with Gasteiger partial charge in [-0.05, 0) is 25.9 Å². The van der Waals surface area contributed by atoms with Crippen LogP contribution >= 0.6 is 0 Å². The minimum Gasteiger partial charge on any atom is -0.389 e. The van der Waals surface area contributed by atoms with Gasteiger partial charge in [0.05, 0.1) is 18.1 Å². The first kappa shape index (κ1) is 7.52. The summed E-state index contributed by atoms with van der Waals surface area (Å²) in [6.07, 6.45) is 1.69. The van der Waals surface area contributed by atoms with Gasteiger partial charge in [0.15, 0.2) is 0 Å². The summed E-state index contributed by atoms with van der Waals surface area (Å²) in [5.41, 5.74) is -0.694. The second-order valence-electron chi connectivity index (χ2n) is 2.81. The molecule has 1 rings (SSSR count). The first-order valence-corrected chi connectivity index (χ1v) is 3.57. The summed E-state index contributed by atoms with van der Waals surface area (Å²) in [5, 5.41) is 21.1. The molecule has 0 aromatic carbocycles. The van der Waals surface area contributed by atoms with Gasteiger partial charge >= 0.3 is 0 Å². The fraction of sp³-hybridized carbons (Fsp3) is 0.857. The van der Waals surface area contributed by atoms with Crippen LogP contribution in [0.3, 0.4) is 0 Å². The van der Waals surface area contributed by atoms with Gasteiger partial charge in [0.2, 0.25) is 0 Å². The molecule has 0 aliphatic carbocycles. The molecule has 3 heteroatoms. The van der Waals surface area contributed by atoms with E-state index in [-0.39, 0.29) is 6.42 Å². The molecule has 0 radical (unpaired) electrons. The first-order valence-electron chi connectivity index (χ1n) is 3.57. The SMILES string of the molecule is N#CCC1(O)CCNCC1. The van der Waals surface area contributed by atoms with Crippen LogP contribution in [0.15, 0.2) is 0 Å². The van der Waals surface area contributed by atoms with Crippen LogP contribution in [0.5, 0.6) is 0 Å². The van der Waals surface area contributed by atoms with Gasteiger partial charge in [-0.1, -0.05) is 0 Å². The summed E-state index contributed by atoms with van der Waals surface area (Å²) in [6, 6.07) is 2.00. The van der Waals surface area contributed by atoms with E-state index >= 15 is 0 Å². The lowest BCUT2D eigenvalue weighted by atomic mass is 9.90. The molecule has 56 valence electrons. The molecule has 1 fully saturated rings. The molecule has 0 amide bonds. The summed E-state index contributed by atoms with van der Waals surface area (Å²) in [5.74, 6) is 0. The van der Waals surface area contributed by atoms with Crippen LogP contribution in [0.1, 0.15) is 19.3 Å². The quantitative estimate of drug-likeness (QED) is 0.539. The van der Waals surface area contributed by atoms with Gasteiger partial charge < -0.3 is 10.4 Å². The predicted octanol–water partition coefficient (Wildman–Crippen LogP) is 0.0146. The van der Waals surface area contributed by atoms with E-state index < -0.39 is 5.60 Å². The van der Waals surface area contributed by atoms with Crippen LogP contribution in [0.2, 0.25) is 0 Å². The lowest BCUT2D eigenvalue weighted by Crippen LogP contribution is -2.41. The Kier molecular flexibility index (Phi) is 2.25. The van der Waals surface area contributed by atoms with E-state index in [1.54, 1.807) is 0 Å². The van der Waals surface area contributed by atoms with Gasteiger partial charge in [0, 0.05) is 0 Å². The van der Waals surface area contributed by atoms with Crippen molar-refractivity contribution in [3.05, 3.63) is 0 Å². The number of hydrogen-bond donors (Lipinski definition) is 2. The molecular weight excluding hydrogens is 128 g/mol. The molecule has 1 saturated heterocycles. The number of nitrogens with one attached hydrogen (secondary N) is 1. The predicted molar refractivity (Wildman–Crippen MR) is 37.3 cm³/mol. The molecule has 0 atom stereocenters. The van der Waals surface area contributed by atoms with Gasteiger partial charge in [-0.3, -0.25) is 0 Å². The monoisotopic (exact) mass is 140 g/mol. The fourth-order valence-electron chi connectivity index (χ4n) is 1.22. The minimum absolute atomic E-state index is 0.272. The summed E-state index contributed by atoms with van der Waals surface area (Å²) in [7, 11) is 0. The maximum atomic E-state index is 9.61. The normalized spacial score (nSPS) is 23.6. The van der Waals surface area contributed by atoms with E-state index in [1.807, 2.05) is 6.07 Å². The highest BCUT2D eigenvalue weighted by Gasteiger charge is 2.28. The second-order valence-corrected chi connectivity index (χ2v) is 2.81. The molecule has 0 bridgehead atoms. The van der Waals surface area contributed by atoms with Gasteiger partial charge in [0.25, 0.3) is 0 Å². The Morgan fingerprint density at radius 3 is 2.60 bits per heavy atom. The molecule has 1 heterocycles. The molecule has 0 aromatic rings. The van der Waals surface area contributed by atoms with E-state index in [0.29, 0.717) is 12.8 Å². The summed E-state index contributed by atoms with van der Waals surface area (Å²) in [4.78, 5) is 0. The molecule has 10 heavy (non-hydrogen) atoms. The molecule has 0 saturated carbocycles. The molecule has 0 unspecified atom stereocenters. The third-order valence-corrected chi connectivity index (χ3v) is 1.94. The molecule has 1 aliphatic heterocycles. The van der Waals surface area contributed by atoms with Crippen molar-refractivity contribution in [3.8, 4) is 6.07 Å². The number of aliphatic hydroxyl groups is 1. The maximum Gasteiger partial charge on any atom is 0.0801 e. The number of piperidine rings is 1. The number of rotatable bonds is 1. The van der Waals surface area contributed by atoms with E-state index in [1.165, 1.54) is 0 Å². The van der Waals surface area contributed by atoms with Gasteiger partial charge in [-0.15, -0.1) is 0 Å². The van der Waals surface area contributed by atoms with Crippen LogP contribution in [0.25, 0.3) is 0 Å². The molecular formula is C7H12N2O. The van der Waals surface area contributed by atoms with Crippen molar-refractivity contribution < 1.29 is 5.11 Å². The Bertz CT molecular complexity index is 144. The van der Waals surface area contributed by atoms with Crippen LogP contribution in [0, 0.1) is 11.3 Å². The summed E-state index contributed by atoms with van der Waals surface area (Å²) < 4.78 is 0. The number of nitriles is 1. The highest BCUT2D eigenvalue weighted by atomic mass is 16.3. The van der Waals surface area contributed by atoms with Crippen LogP contribution in [-0.4, -0.2) is 23.8 Å². The van der Waals surface area contributed by atoms with Gasteiger partial charge in [-0.2, -0.15) is 5.26 Å². The Morgan fingerprint density at radius 1 is 1.50 bits per heavy atom. The third-order valence-electron chi connectivity index (χ3n) is 1.94. The average molecular weight is 140 g/mol. The van der Waals surface area contributed by atoms with E-state index in [4.69, 9.17) is 5.26 Å². The van der Waals surface area contributed by atoms with Crippen LogP contribution in [-0.2, 0) is 0 Å². The van der Waals surface area contributed by atoms with E-state index in [2.05, 4.69) is 5.32 Å². The smallest absolute Gasteiger partial charge is 0.0801 e. The lowest BCUT2D eigenvalue weighted by Gasteiger charge is -2.29. The molecule has 1 aliphatic rings. The summed E-state index contributed by atoms with van der Waals surface area (Å²) >= 11 is 0. The minimum atomic E-state index is -0.694. The third kappa shape index (κ3) is 1.69. The molecule has 3 nitrogen and oxygen atoms in total. The summed E-state index contributed by atoms with van der Waals surface area (Å²) in [6.45, 7) is 1.66. The number of hydrogen-bond acceptors (Lipinski definition) is 3. The van der Waals surface area contributed by atoms with E-state index in [0.717, 1.165) is 13.1 Å². The van der Waals surface area contributed by atoms with Crippen molar-refractivity contribution in [1.82, 2.24) is 5.32 Å². The van der Waals surface area contributed by atoms with Crippen molar-refractivity contribution in [2.75, 3.05) is 13.1 Å². The van der Waals surface area contributed by atoms with Crippen LogP contribution < -0.4 is 5.32 Å². The largest absolute Gasteiger partial charge is 0.389 e. The average Bonchev–Trinajstić information content (AvgIpc) is 1.89. The zero-order valence-corrected chi connectivity index (χ0v) is 5.93. The number of nitrogens with zero attached hydrogens (tertiary/aromatic N) is 1. The topological polar surface area (TPSA) is 56.0 Å². The molecule has 2 N–H and O–H groups in total. The lowest BCUT2D eigenvalue weighted by molar-refractivity contribution is 0.0150. The highest BCUT2D eigenvalue weighted by molar-refractivity contribution is 4.91. The Morgan fingerprint density at radius 2 is 2.10 bits per heavy atom. The fourth-order valence-corrected chi connectivity index (χ4v) is 1.22. The second kappa shape index (κ2) is 3.00. The van der Waals surface area contributed by atoms with Crippen molar-refractivity contribution in [1.29, 1.82) is 5.26 Å². The molecule has 0 aromatic heterocycles. The highest BCUT2D eigenvalue weighted by Crippen LogP contribution is 2.20. The van der Waals surface area contributed by atoms with Crippen molar-refractivity contribution in [2.45, 2.75) is 24.9 Å². The standard InChI is InChI=1S/C7H12N2O/c8-4-1-7(10)2-5-9-6-3-7/h9-10H,1-3,5-6H2. The van der Waals surface area contributed by atoms with Crippen molar-refractivity contribution in [2.24, 2.45) is 0 Å². The zero-order chi connectivity index (χ0) is 7.45. The maximum absolute atomic E-state index is 9.61. The van der Waals surface area contributed by atoms with Crippen molar-refractivity contribution >= 4 is 0 Å². The Hall–Kier alpha value is -0.590. The van der Waals surface area contributed by atoms with E-state index in [9.17, 15) is 5.11 Å². The van der Waals surface area contributed by atoms with Crippen molar-refractivity contribution in [3.63, 3.8) is 0 Å². The van der Waals surface area contributed by atoms with Gasteiger partial charge in [0.1, 0.15) is 0 Å². The Balaban J connectivity index is 2.42. The van der Waals surface area contributed by atoms with Gasteiger partial charge in [-0.25, -0.2) is 0 Å². The first-order chi connectivity index (χ1) is 4.77. The zero-order valence-electron chi connectivity index (χ0n) is 5.93. The Labute approximate surface area is 60.7 Å². The van der Waals surface area contributed by atoms with Crippen LogP contribution in [0.4, 0.5) is 0 Å². The molecule has 0 spiro atoms.